The molecule has 0 fully saturated rings. The van der Waals surface area contributed by atoms with Crippen LogP contribution in [-0.2, 0) is 0 Å². The molecule has 56 valence electrons. The fourth-order valence-corrected chi connectivity index (χ4v) is 1.32. The average molecular weight is 214 g/mol. The lowest BCUT2D eigenvalue weighted by Crippen LogP contribution is -1.87. The molecule has 0 heterocycles. The van der Waals surface area contributed by atoms with Crippen molar-refractivity contribution >= 4 is 15.9 Å². The van der Waals surface area contributed by atoms with Gasteiger partial charge in [-0.3, -0.25) is 0 Å². The van der Waals surface area contributed by atoms with Gasteiger partial charge in [-0.05, 0) is 34.5 Å². The number of aryl methyl sites for hydroxylation is 1. The Morgan fingerprint density at radius 3 is 2.64 bits per heavy atom. The fourth-order valence-electron chi connectivity index (χ4n) is 0.784. The molecule has 0 atom stereocenters. The standard InChI is InChI=1S/C8H5BrFN/c1-5-2-3-7(10)8(9)6(5)4-11/h2-3H,1H3. The number of nitriles is 1. The average Bonchev–Trinajstić information content (AvgIpc) is 1.99. The molecule has 0 aliphatic rings. The van der Waals surface area contributed by atoms with Crippen LogP contribution in [0, 0.1) is 24.1 Å². The minimum atomic E-state index is -0.396. The maximum atomic E-state index is 12.7. The lowest BCUT2D eigenvalue weighted by Gasteiger charge is -1.99. The second-order valence-corrected chi connectivity index (χ2v) is 2.96. The second kappa shape index (κ2) is 3.02. The molecule has 0 saturated carbocycles. The highest BCUT2D eigenvalue weighted by atomic mass is 79.9. The number of nitrogens with zero attached hydrogens (tertiary/aromatic N) is 1. The molecule has 3 heteroatoms. The van der Waals surface area contributed by atoms with Crippen LogP contribution in [-0.4, -0.2) is 0 Å². The molecule has 0 aliphatic carbocycles. The third-order valence-electron chi connectivity index (χ3n) is 1.41. The summed E-state index contributed by atoms with van der Waals surface area (Å²) in [5, 5.41) is 8.58. The Bertz CT molecular complexity index is 328. The summed E-state index contributed by atoms with van der Waals surface area (Å²) in [5.74, 6) is -0.396. The van der Waals surface area contributed by atoms with Gasteiger partial charge in [-0.15, -0.1) is 0 Å². The molecule has 0 spiro atoms. The Labute approximate surface area is 72.6 Å². The van der Waals surface area contributed by atoms with E-state index in [0.717, 1.165) is 5.56 Å². The van der Waals surface area contributed by atoms with E-state index < -0.39 is 5.82 Å². The molecule has 0 radical (unpaired) electrons. The molecule has 0 aliphatic heterocycles. The number of halogens is 2. The minimum absolute atomic E-state index is 0.250. The van der Waals surface area contributed by atoms with E-state index in [2.05, 4.69) is 15.9 Å². The molecular weight excluding hydrogens is 209 g/mol. The predicted molar refractivity (Wildman–Crippen MR) is 43.6 cm³/mol. The minimum Gasteiger partial charge on any atom is -0.206 e. The number of benzene rings is 1. The predicted octanol–water partition coefficient (Wildman–Crippen LogP) is 2.77. The molecular formula is C8H5BrFN. The van der Waals surface area contributed by atoms with Gasteiger partial charge in [0.1, 0.15) is 11.9 Å². The zero-order valence-corrected chi connectivity index (χ0v) is 7.44. The smallest absolute Gasteiger partial charge is 0.138 e. The van der Waals surface area contributed by atoms with Crippen molar-refractivity contribution in [2.24, 2.45) is 0 Å². The van der Waals surface area contributed by atoms with Gasteiger partial charge in [0.25, 0.3) is 0 Å². The Morgan fingerprint density at radius 2 is 2.18 bits per heavy atom. The Morgan fingerprint density at radius 1 is 1.55 bits per heavy atom. The Balaban J connectivity index is 3.44. The molecule has 0 N–H and O–H groups in total. The Kier molecular flexibility index (Phi) is 2.25. The van der Waals surface area contributed by atoms with Crippen molar-refractivity contribution in [2.45, 2.75) is 6.92 Å². The summed E-state index contributed by atoms with van der Waals surface area (Å²) in [7, 11) is 0. The number of rotatable bonds is 0. The maximum Gasteiger partial charge on any atom is 0.138 e. The van der Waals surface area contributed by atoms with Crippen molar-refractivity contribution in [1.82, 2.24) is 0 Å². The van der Waals surface area contributed by atoms with Gasteiger partial charge in [0.2, 0.25) is 0 Å². The molecule has 0 unspecified atom stereocenters. The molecule has 1 aromatic carbocycles. The van der Waals surface area contributed by atoms with E-state index in [1.54, 1.807) is 13.0 Å². The van der Waals surface area contributed by atoms with E-state index in [-0.39, 0.29) is 4.47 Å². The molecule has 0 amide bonds. The first-order chi connectivity index (χ1) is 5.16. The van der Waals surface area contributed by atoms with Gasteiger partial charge in [-0.2, -0.15) is 5.26 Å². The van der Waals surface area contributed by atoms with Gasteiger partial charge in [-0.25, -0.2) is 4.39 Å². The summed E-state index contributed by atoms with van der Waals surface area (Å²) in [4.78, 5) is 0. The largest absolute Gasteiger partial charge is 0.206 e. The highest BCUT2D eigenvalue weighted by Gasteiger charge is 2.06. The zero-order chi connectivity index (χ0) is 8.43. The van der Waals surface area contributed by atoms with Gasteiger partial charge < -0.3 is 0 Å². The normalized spacial score (nSPS) is 9.27. The van der Waals surface area contributed by atoms with Gasteiger partial charge >= 0.3 is 0 Å². The summed E-state index contributed by atoms with van der Waals surface area (Å²) in [6, 6.07) is 4.83. The third-order valence-corrected chi connectivity index (χ3v) is 2.19. The van der Waals surface area contributed by atoms with Crippen molar-refractivity contribution in [2.75, 3.05) is 0 Å². The van der Waals surface area contributed by atoms with Crippen LogP contribution in [0.2, 0.25) is 0 Å². The summed E-state index contributed by atoms with van der Waals surface area (Å²) < 4.78 is 13.0. The molecule has 1 rings (SSSR count). The first kappa shape index (κ1) is 8.22. The highest BCUT2D eigenvalue weighted by Crippen LogP contribution is 2.22. The second-order valence-electron chi connectivity index (χ2n) is 2.17. The number of hydrogen-bond acceptors (Lipinski definition) is 1. The SMILES string of the molecule is Cc1ccc(F)c(Br)c1C#N. The van der Waals surface area contributed by atoms with Crippen LogP contribution in [0.4, 0.5) is 4.39 Å². The fraction of sp³-hybridized carbons (Fsp3) is 0.125. The Hall–Kier alpha value is -0.880. The van der Waals surface area contributed by atoms with Crippen LogP contribution in [0.1, 0.15) is 11.1 Å². The van der Waals surface area contributed by atoms with Crippen molar-refractivity contribution in [3.8, 4) is 6.07 Å². The van der Waals surface area contributed by atoms with Gasteiger partial charge in [0, 0.05) is 0 Å². The summed E-state index contributed by atoms with van der Waals surface area (Å²) in [6.45, 7) is 1.77. The number of hydrogen-bond donors (Lipinski definition) is 0. The summed E-state index contributed by atoms with van der Waals surface area (Å²) in [6.07, 6.45) is 0. The lowest BCUT2D eigenvalue weighted by atomic mass is 10.1. The molecule has 0 saturated heterocycles. The maximum absolute atomic E-state index is 12.7. The quantitative estimate of drug-likeness (QED) is 0.651. The van der Waals surface area contributed by atoms with E-state index in [9.17, 15) is 4.39 Å². The van der Waals surface area contributed by atoms with Crippen LogP contribution in [0.5, 0.6) is 0 Å². The van der Waals surface area contributed by atoms with Crippen molar-refractivity contribution in [1.29, 1.82) is 5.26 Å². The van der Waals surface area contributed by atoms with E-state index in [1.165, 1.54) is 6.07 Å². The van der Waals surface area contributed by atoms with Crippen LogP contribution >= 0.6 is 15.9 Å². The zero-order valence-electron chi connectivity index (χ0n) is 5.86. The lowest BCUT2D eigenvalue weighted by molar-refractivity contribution is 0.620. The topological polar surface area (TPSA) is 23.8 Å². The van der Waals surface area contributed by atoms with Crippen molar-refractivity contribution in [3.63, 3.8) is 0 Å². The van der Waals surface area contributed by atoms with Crippen LogP contribution < -0.4 is 0 Å². The highest BCUT2D eigenvalue weighted by molar-refractivity contribution is 9.10. The van der Waals surface area contributed by atoms with Gasteiger partial charge in [-0.1, -0.05) is 6.07 Å². The monoisotopic (exact) mass is 213 g/mol. The summed E-state index contributed by atoms with van der Waals surface area (Å²) >= 11 is 2.99. The molecule has 1 aromatic rings. The molecule has 0 bridgehead atoms. The van der Waals surface area contributed by atoms with E-state index in [1.807, 2.05) is 6.07 Å². The van der Waals surface area contributed by atoms with E-state index in [4.69, 9.17) is 5.26 Å². The molecule has 0 aromatic heterocycles. The van der Waals surface area contributed by atoms with Crippen molar-refractivity contribution in [3.05, 3.63) is 33.5 Å². The van der Waals surface area contributed by atoms with E-state index in [0.29, 0.717) is 5.56 Å². The van der Waals surface area contributed by atoms with Crippen molar-refractivity contribution < 1.29 is 4.39 Å². The summed E-state index contributed by atoms with van der Waals surface area (Å²) in [5.41, 5.74) is 1.14. The van der Waals surface area contributed by atoms with Gasteiger partial charge in [0.05, 0.1) is 10.0 Å². The van der Waals surface area contributed by atoms with E-state index >= 15 is 0 Å². The molecule has 11 heavy (non-hydrogen) atoms. The first-order valence-corrected chi connectivity index (χ1v) is 3.81. The van der Waals surface area contributed by atoms with Crippen LogP contribution in [0.15, 0.2) is 16.6 Å². The molecule has 1 nitrogen and oxygen atoms in total. The van der Waals surface area contributed by atoms with Crippen LogP contribution in [0.25, 0.3) is 0 Å². The van der Waals surface area contributed by atoms with Crippen LogP contribution in [0.3, 0.4) is 0 Å². The third kappa shape index (κ3) is 1.41. The first-order valence-electron chi connectivity index (χ1n) is 3.01. The van der Waals surface area contributed by atoms with Gasteiger partial charge in [0.15, 0.2) is 0 Å².